The van der Waals surface area contributed by atoms with Crippen molar-refractivity contribution in [2.24, 2.45) is 0 Å². The van der Waals surface area contributed by atoms with Crippen LogP contribution >= 0.6 is 0 Å². The monoisotopic (exact) mass is 478 g/mol. The van der Waals surface area contributed by atoms with E-state index in [0.29, 0.717) is 18.3 Å². The van der Waals surface area contributed by atoms with Gasteiger partial charge >= 0.3 is 6.03 Å². The molecule has 0 spiro atoms. The van der Waals surface area contributed by atoms with Crippen molar-refractivity contribution < 1.29 is 9.32 Å². The van der Waals surface area contributed by atoms with E-state index in [1.54, 1.807) is 4.90 Å². The Morgan fingerprint density at radius 3 is 2.33 bits per heavy atom. The molecule has 2 amide bonds. The van der Waals surface area contributed by atoms with Crippen LogP contribution in [-0.4, -0.2) is 27.6 Å². The molecular weight excluding hydrogens is 448 g/mol. The first kappa shape index (κ1) is 23.5. The van der Waals surface area contributed by atoms with E-state index in [1.165, 1.54) is 11.1 Å². The van der Waals surface area contributed by atoms with Crippen molar-refractivity contribution in [2.75, 3.05) is 6.54 Å². The van der Waals surface area contributed by atoms with Gasteiger partial charge in [-0.1, -0.05) is 96.5 Å². The van der Waals surface area contributed by atoms with Crippen molar-refractivity contribution in [3.63, 3.8) is 0 Å². The maximum Gasteiger partial charge on any atom is 0.322 e. The zero-order valence-electron chi connectivity index (χ0n) is 20.9. The quantitative estimate of drug-likeness (QED) is 0.336. The second-order valence-electron chi connectivity index (χ2n) is 9.15. The molecule has 6 heteroatoms. The number of nitrogens with zero attached hydrogens (tertiary/aromatic N) is 3. The van der Waals surface area contributed by atoms with E-state index in [4.69, 9.17) is 9.51 Å². The molecule has 4 aromatic rings. The van der Waals surface area contributed by atoms with Gasteiger partial charge in [-0.2, -0.15) is 4.98 Å². The van der Waals surface area contributed by atoms with Crippen molar-refractivity contribution in [1.29, 1.82) is 0 Å². The first-order valence-electron chi connectivity index (χ1n) is 12.4. The zero-order valence-corrected chi connectivity index (χ0v) is 20.9. The minimum Gasteiger partial charge on any atom is -0.334 e. The number of benzene rings is 3. The summed E-state index contributed by atoms with van der Waals surface area (Å²) in [6.45, 7) is 6.68. The predicted molar refractivity (Wildman–Crippen MR) is 141 cm³/mol. The number of aryl methyl sites for hydroxylation is 2. The van der Waals surface area contributed by atoms with Crippen molar-refractivity contribution in [3.05, 3.63) is 113 Å². The number of carbonyl (C=O) groups is 1. The number of amides is 2. The minimum atomic E-state index is -0.387. The lowest BCUT2D eigenvalue weighted by atomic mass is 9.94. The Kier molecular flexibility index (Phi) is 6.67. The third kappa shape index (κ3) is 4.80. The normalized spacial score (nSPS) is 15.8. The van der Waals surface area contributed by atoms with Crippen LogP contribution in [0.1, 0.15) is 48.0 Å². The van der Waals surface area contributed by atoms with Gasteiger partial charge in [-0.25, -0.2) is 4.79 Å². The summed E-state index contributed by atoms with van der Waals surface area (Å²) < 4.78 is 5.81. The summed E-state index contributed by atoms with van der Waals surface area (Å²) in [7, 11) is 0. The van der Waals surface area contributed by atoms with Crippen LogP contribution in [0.2, 0.25) is 0 Å². The second-order valence-corrected chi connectivity index (χ2v) is 9.15. The summed E-state index contributed by atoms with van der Waals surface area (Å²) in [6, 6.07) is 26.0. The van der Waals surface area contributed by atoms with E-state index in [9.17, 15) is 4.79 Å². The van der Waals surface area contributed by atoms with Crippen molar-refractivity contribution in [1.82, 2.24) is 20.4 Å². The van der Waals surface area contributed by atoms with E-state index in [2.05, 4.69) is 41.7 Å². The summed E-state index contributed by atoms with van der Waals surface area (Å²) in [5.41, 5.74) is 7.09. The molecule has 182 valence electrons. The number of nitrogens with one attached hydrogen (secondary N) is 1. The van der Waals surface area contributed by atoms with Gasteiger partial charge in [0.15, 0.2) is 0 Å². The smallest absolute Gasteiger partial charge is 0.322 e. The Morgan fingerprint density at radius 2 is 1.64 bits per heavy atom. The Balaban J connectivity index is 1.53. The van der Waals surface area contributed by atoms with Crippen molar-refractivity contribution in [2.45, 2.75) is 39.7 Å². The van der Waals surface area contributed by atoms with Crippen LogP contribution in [0.3, 0.4) is 0 Å². The Hall–Kier alpha value is -4.19. The molecule has 0 saturated heterocycles. The number of rotatable bonds is 7. The first-order valence-corrected chi connectivity index (χ1v) is 12.4. The SMILES string of the molecule is CCc1ccc(-c2noc(C3=C(C)N(CCc4ccccc4)C(=O)NC3c3ccc(C)cc3)n2)cc1. The highest BCUT2D eigenvalue weighted by atomic mass is 16.5. The van der Waals surface area contributed by atoms with Gasteiger partial charge < -0.3 is 9.84 Å². The molecule has 6 nitrogen and oxygen atoms in total. The molecule has 1 aromatic heterocycles. The molecule has 0 aliphatic carbocycles. The first-order chi connectivity index (χ1) is 17.5. The van der Waals surface area contributed by atoms with E-state index >= 15 is 0 Å². The van der Waals surface area contributed by atoms with Gasteiger partial charge in [0.25, 0.3) is 5.89 Å². The standard InChI is InChI=1S/C30H30N4O2/c1-4-22-12-16-25(17-13-22)28-32-29(36-33-28)26-21(3)34(19-18-23-8-6-5-7-9-23)30(35)31-27(26)24-14-10-20(2)11-15-24/h5-17,27H,4,18-19H2,1-3H3,(H,31,35). The lowest BCUT2D eigenvalue weighted by Gasteiger charge is -2.35. The van der Waals surface area contributed by atoms with E-state index in [-0.39, 0.29) is 12.1 Å². The van der Waals surface area contributed by atoms with Crippen LogP contribution in [0.25, 0.3) is 17.0 Å². The molecule has 0 bridgehead atoms. The topological polar surface area (TPSA) is 71.3 Å². The van der Waals surface area contributed by atoms with Gasteiger partial charge in [0, 0.05) is 17.8 Å². The third-order valence-electron chi connectivity index (χ3n) is 6.75. The Morgan fingerprint density at radius 1 is 0.917 bits per heavy atom. The fraction of sp³-hybridized carbons (Fsp3) is 0.233. The Labute approximate surface area is 211 Å². The molecule has 36 heavy (non-hydrogen) atoms. The molecule has 3 aromatic carbocycles. The molecule has 1 aliphatic heterocycles. The largest absolute Gasteiger partial charge is 0.334 e. The van der Waals surface area contributed by atoms with Crippen LogP contribution in [0.4, 0.5) is 4.79 Å². The van der Waals surface area contributed by atoms with E-state index in [0.717, 1.165) is 40.8 Å². The summed E-state index contributed by atoms with van der Waals surface area (Å²) in [5.74, 6) is 0.945. The van der Waals surface area contributed by atoms with E-state index in [1.807, 2.05) is 68.4 Å². The molecule has 0 saturated carbocycles. The maximum atomic E-state index is 13.3. The van der Waals surface area contributed by atoms with Crippen LogP contribution in [0, 0.1) is 6.92 Å². The molecule has 0 radical (unpaired) electrons. The molecule has 0 fully saturated rings. The molecule has 1 aliphatic rings. The molecule has 1 atom stereocenters. The summed E-state index contributed by atoms with van der Waals surface area (Å²) in [4.78, 5) is 19.8. The summed E-state index contributed by atoms with van der Waals surface area (Å²) in [5, 5.41) is 7.46. The number of urea groups is 1. The van der Waals surface area contributed by atoms with Crippen LogP contribution < -0.4 is 5.32 Å². The van der Waals surface area contributed by atoms with Gasteiger partial charge in [0.05, 0.1) is 11.6 Å². The lowest BCUT2D eigenvalue weighted by Crippen LogP contribution is -2.46. The fourth-order valence-electron chi connectivity index (χ4n) is 4.56. The second kappa shape index (κ2) is 10.2. The summed E-state index contributed by atoms with van der Waals surface area (Å²) in [6.07, 6.45) is 1.72. The van der Waals surface area contributed by atoms with Gasteiger partial charge in [0.1, 0.15) is 0 Å². The highest BCUT2D eigenvalue weighted by Crippen LogP contribution is 2.37. The zero-order chi connectivity index (χ0) is 25.1. The van der Waals surface area contributed by atoms with Crippen LogP contribution in [0.15, 0.2) is 89.1 Å². The molecule has 5 rings (SSSR count). The Bertz CT molecular complexity index is 1370. The minimum absolute atomic E-state index is 0.132. The van der Waals surface area contributed by atoms with Gasteiger partial charge in [-0.15, -0.1) is 0 Å². The number of carbonyl (C=O) groups excluding carboxylic acids is 1. The number of hydrogen-bond donors (Lipinski definition) is 1. The number of aromatic nitrogens is 2. The number of allylic oxidation sites excluding steroid dienone is 1. The molecule has 2 heterocycles. The van der Waals surface area contributed by atoms with E-state index < -0.39 is 0 Å². The maximum absolute atomic E-state index is 13.3. The number of hydrogen-bond acceptors (Lipinski definition) is 4. The predicted octanol–water partition coefficient (Wildman–Crippen LogP) is 6.35. The highest BCUT2D eigenvalue weighted by molar-refractivity contribution is 5.87. The third-order valence-corrected chi connectivity index (χ3v) is 6.75. The van der Waals surface area contributed by atoms with Gasteiger partial charge in [-0.3, -0.25) is 4.90 Å². The van der Waals surface area contributed by atoms with Crippen LogP contribution in [0.5, 0.6) is 0 Å². The fourth-order valence-corrected chi connectivity index (χ4v) is 4.56. The van der Waals surface area contributed by atoms with Crippen LogP contribution in [-0.2, 0) is 12.8 Å². The van der Waals surface area contributed by atoms with Gasteiger partial charge in [-0.05, 0) is 43.4 Å². The highest BCUT2D eigenvalue weighted by Gasteiger charge is 2.35. The van der Waals surface area contributed by atoms with Gasteiger partial charge in [0.2, 0.25) is 5.82 Å². The average molecular weight is 479 g/mol. The lowest BCUT2D eigenvalue weighted by molar-refractivity contribution is 0.205. The van der Waals surface area contributed by atoms with Crippen molar-refractivity contribution in [3.8, 4) is 11.4 Å². The van der Waals surface area contributed by atoms with Crippen molar-refractivity contribution >= 4 is 11.6 Å². The molecule has 1 N–H and O–H groups in total. The summed E-state index contributed by atoms with van der Waals surface area (Å²) >= 11 is 0. The molecular formula is C30H30N4O2. The molecule has 1 unspecified atom stereocenters. The average Bonchev–Trinajstić information content (AvgIpc) is 3.39.